The lowest BCUT2D eigenvalue weighted by Crippen LogP contribution is -2.54. The van der Waals surface area contributed by atoms with Gasteiger partial charge in [0.25, 0.3) is 17.7 Å². The molecule has 0 radical (unpaired) electrons. The van der Waals surface area contributed by atoms with Gasteiger partial charge in [-0.25, -0.2) is 9.69 Å². The Morgan fingerprint density at radius 2 is 1.76 bits per heavy atom. The number of urea groups is 1. The maximum absolute atomic E-state index is 13.3. The number of nitrogens with one attached hydrogen (secondary N) is 2. The SMILES string of the molecule is CCCOc1ccc(N2C(=O)NC(=O)/C(=C/c3cccc(OCC(=O)Nc4ccc(C)c(C)c4)c3)C2=O)cc1OC. The van der Waals surface area contributed by atoms with Crippen LogP contribution in [0.5, 0.6) is 17.2 Å². The first-order valence-electron chi connectivity index (χ1n) is 13.0. The number of benzene rings is 3. The number of hydrogen-bond donors (Lipinski definition) is 2. The fraction of sp³-hybridized carbons (Fsp3) is 0.226. The van der Waals surface area contributed by atoms with Crippen molar-refractivity contribution in [2.24, 2.45) is 0 Å². The Balaban J connectivity index is 1.49. The van der Waals surface area contributed by atoms with Crippen molar-refractivity contribution in [2.45, 2.75) is 27.2 Å². The molecule has 10 heteroatoms. The largest absolute Gasteiger partial charge is 0.493 e. The molecule has 10 nitrogen and oxygen atoms in total. The fourth-order valence-electron chi connectivity index (χ4n) is 4.04. The van der Waals surface area contributed by atoms with Crippen molar-refractivity contribution in [3.63, 3.8) is 0 Å². The summed E-state index contributed by atoms with van der Waals surface area (Å²) in [5.41, 5.74) is 3.27. The highest BCUT2D eigenvalue weighted by molar-refractivity contribution is 6.39. The van der Waals surface area contributed by atoms with E-state index in [4.69, 9.17) is 14.2 Å². The Kier molecular flexibility index (Phi) is 9.03. The summed E-state index contributed by atoms with van der Waals surface area (Å²) in [6.07, 6.45) is 2.15. The molecule has 5 amide bonds. The molecule has 1 saturated heterocycles. The Bertz CT molecular complexity index is 1530. The Labute approximate surface area is 237 Å². The summed E-state index contributed by atoms with van der Waals surface area (Å²) in [4.78, 5) is 51.9. The number of amides is 5. The lowest BCUT2D eigenvalue weighted by molar-refractivity contribution is -0.122. The van der Waals surface area contributed by atoms with E-state index in [2.05, 4.69) is 10.6 Å². The van der Waals surface area contributed by atoms with Crippen molar-refractivity contribution >= 4 is 41.2 Å². The number of carbonyl (C=O) groups excluding carboxylic acids is 4. The van der Waals surface area contributed by atoms with Gasteiger partial charge in [-0.15, -0.1) is 0 Å². The van der Waals surface area contributed by atoms with Crippen LogP contribution in [0.25, 0.3) is 6.08 Å². The second-order valence-corrected chi connectivity index (χ2v) is 9.35. The molecule has 1 fully saturated rings. The van der Waals surface area contributed by atoms with Crippen LogP contribution in [0.2, 0.25) is 0 Å². The van der Waals surface area contributed by atoms with E-state index in [1.165, 1.54) is 25.3 Å². The number of hydrogen-bond acceptors (Lipinski definition) is 7. The zero-order valence-electron chi connectivity index (χ0n) is 23.3. The van der Waals surface area contributed by atoms with Crippen molar-refractivity contribution in [2.75, 3.05) is 30.5 Å². The van der Waals surface area contributed by atoms with Gasteiger partial charge in [0, 0.05) is 11.8 Å². The summed E-state index contributed by atoms with van der Waals surface area (Å²) in [6, 6.07) is 15.9. The molecule has 0 saturated carbocycles. The van der Waals surface area contributed by atoms with Crippen LogP contribution < -0.4 is 29.7 Å². The molecular weight excluding hydrogens is 526 g/mol. The average Bonchev–Trinajstić information content (AvgIpc) is 2.95. The predicted octanol–water partition coefficient (Wildman–Crippen LogP) is 4.78. The number of anilines is 2. The second kappa shape index (κ2) is 12.8. The van der Waals surface area contributed by atoms with Crippen molar-refractivity contribution in [1.82, 2.24) is 5.32 Å². The highest BCUT2D eigenvalue weighted by Crippen LogP contribution is 2.33. The molecular formula is C31H31N3O7. The van der Waals surface area contributed by atoms with Crippen molar-refractivity contribution in [1.29, 1.82) is 0 Å². The van der Waals surface area contributed by atoms with Crippen LogP contribution >= 0.6 is 0 Å². The van der Waals surface area contributed by atoms with Gasteiger partial charge in [0.15, 0.2) is 18.1 Å². The van der Waals surface area contributed by atoms with Gasteiger partial charge in [0.1, 0.15) is 11.3 Å². The Hall–Kier alpha value is -5.12. The highest BCUT2D eigenvalue weighted by atomic mass is 16.5. The molecule has 41 heavy (non-hydrogen) atoms. The molecule has 1 heterocycles. The molecule has 0 spiro atoms. The van der Waals surface area contributed by atoms with E-state index >= 15 is 0 Å². The number of nitrogens with zero attached hydrogens (tertiary/aromatic N) is 1. The molecule has 0 aliphatic carbocycles. The normalized spacial score (nSPS) is 14.1. The van der Waals surface area contributed by atoms with E-state index in [1.54, 1.807) is 30.3 Å². The predicted molar refractivity (Wildman–Crippen MR) is 154 cm³/mol. The number of imide groups is 2. The summed E-state index contributed by atoms with van der Waals surface area (Å²) in [6.45, 7) is 6.15. The number of ether oxygens (including phenoxy) is 3. The first-order valence-corrected chi connectivity index (χ1v) is 13.0. The minimum Gasteiger partial charge on any atom is -0.493 e. The highest BCUT2D eigenvalue weighted by Gasteiger charge is 2.37. The number of methoxy groups -OCH3 is 1. The first kappa shape index (κ1) is 28.9. The Morgan fingerprint density at radius 3 is 2.49 bits per heavy atom. The molecule has 0 atom stereocenters. The quantitative estimate of drug-likeness (QED) is 0.272. The van der Waals surface area contributed by atoms with E-state index in [-0.39, 0.29) is 23.8 Å². The van der Waals surface area contributed by atoms with Crippen LogP contribution in [0, 0.1) is 13.8 Å². The van der Waals surface area contributed by atoms with Crippen LogP contribution in [0.3, 0.4) is 0 Å². The topological polar surface area (TPSA) is 123 Å². The lowest BCUT2D eigenvalue weighted by Gasteiger charge is -2.27. The molecule has 0 bridgehead atoms. The third-order valence-corrected chi connectivity index (χ3v) is 6.30. The molecule has 4 rings (SSSR count). The van der Waals surface area contributed by atoms with E-state index in [9.17, 15) is 19.2 Å². The van der Waals surface area contributed by atoms with Crippen molar-refractivity contribution in [3.8, 4) is 17.2 Å². The van der Waals surface area contributed by atoms with Crippen LogP contribution in [0.15, 0.2) is 66.2 Å². The lowest BCUT2D eigenvalue weighted by atomic mass is 10.1. The standard InChI is InChI=1S/C31H31N3O7/c1-5-13-40-26-12-11-23(17-27(26)39-4)34-30(37)25(29(36)33-31(34)38)16-21-7-6-8-24(15-21)41-18-28(35)32-22-10-9-19(2)20(3)14-22/h6-12,14-17H,5,13,18H2,1-4H3,(H,32,35)(H,33,36,38)/b25-16-. The summed E-state index contributed by atoms with van der Waals surface area (Å²) in [5.74, 6) is -0.805. The van der Waals surface area contributed by atoms with Crippen LogP contribution in [-0.2, 0) is 14.4 Å². The minimum absolute atomic E-state index is 0.207. The van der Waals surface area contributed by atoms with Gasteiger partial charge in [-0.3, -0.25) is 19.7 Å². The van der Waals surface area contributed by atoms with Crippen molar-refractivity contribution < 1.29 is 33.4 Å². The maximum Gasteiger partial charge on any atom is 0.335 e. The van der Waals surface area contributed by atoms with Crippen molar-refractivity contribution in [3.05, 3.63) is 82.9 Å². The minimum atomic E-state index is -0.881. The summed E-state index contributed by atoms with van der Waals surface area (Å²) < 4.78 is 16.6. The van der Waals surface area contributed by atoms with Gasteiger partial charge in [-0.05, 0) is 79.4 Å². The van der Waals surface area contributed by atoms with Gasteiger partial charge >= 0.3 is 6.03 Å². The number of aryl methyl sites for hydroxylation is 2. The molecule has 3 aromatic rings. The maximum atomic E-state index is 13.3. The van der Waals surface area contributed by atoms with Gasteiger partial charge in [0.05, 0.1) is 19.4 Å². The Morgan fingerprint density at radius 1 is 0.951 bits per heavy atom. The molecule has 0 aromatic heterocycles. The number of rotatable bonds is 10. The summed E-state index contributed by atoms with van der Waals surface area (Å²) >= 11 is 0. The second-order valence-electron chi connectivity index (χ2n) is 9.35. The number of barbiturate groups is 1. The third kappa shape index (κ3) is 6.91. The molecule has 212 valence electrons. The summed E-state index contributed by atoms with van der Waals surface area (Å²) in [7, 11) is 1.45. The van der Waals surface area contributed by atoms with E-state index in [0.29, 0.717) is 35.1 Å². The first-order chi connectivity index (χ1) is 19.7. The smallest absolute Gasteiger partial charge is 0.335 e. The van der Waals surface area contributed by atoms with E-state index in [1.807, 2.05) is 39.0 Å². The average molecular weight is 558 g/mol. The van der Waals surface area contributed by atoms with Gasteiger partial charge in [-0.1, -0.05) is 25.1 Å². The number of carbonyl (C=O) groups is 4. The molecule has 0 unspecified atom stereocenters. The fourth-order valence-corrected chi connectivity index (χ4v) is 4.04. The van der Waals surface area contributed by atoms with Crippen LogP contribution in [-0.4, -0.2) is 44.1 Å². The molecule has 3 aromatic carbocycles. The monoisotopic (exact) mass is 557 g/mol. The zero-order valence-corrected chi connectivity index (χ0v) is 23.3. The molecule has 2 N–H and O–H groups in total. The molecule has 1 aliphatic heterocycles. The summed E-state index contributed by atoms with van der Waals surface area (Å²) in [5, 5.41) is 4.99. The molecule has 1 aliphatic rings. The zero-order chi connectivity index (χ0) is 29.5. The van der Waals surface area contributed by atoms with E-state index in [0.717, 1.165) is 22.4 Å². The van der Waals surface area contributed by atoms with Gasteiger partial charge < -0.3 is 19.5 Å². The van der Waals surface area contributed by atoms with E-state index < -0.39 is 17.8 Å². The third-order valence-electron chi connectivity index (χ3n) is 6.30. The van der Waals surface area contributed by atoms with Crippen LogP contribution in [0.4, 0.5) is 16.2 Å². The van der Waals surface area contributed by atoms with Crippen LogP contribution in [0.1, 0.15) is 30.0 Å². The van der Waals surface area contributed by atoms with Gasteiger partial charge in [-0.2, -0.15) is 0 Å². The van der Waals surface area contributed by atoms with Gasteiger partial charge in [0.2, 0.25) is 0 Å².